The average molecular weight is 481 g/mol. The van der Waals surface area contributed by atoms with Gasteiger partial charge < -0.3 is 20.3 Å². The molecule has 7 nitrogen and oxygen atoms in total. The molecular formula is C18H36IN5O2. The number of carbonyl (C=O) groups excluding carboxylic acids is 1. The first-order valence-corrected chi connectivity index (χ1v) is 9.69. The van der Waals surface area contributed by atoms with E-state index in [4.69, 9.17) is 9.73 Å². The van der Waals surface area contributed by atoms with Crippen molar-refractivity contribution in [1.29, 1.82) is 0 Å². The standard InChI is InChI=1S/C18H35N5O2.HI/c1-4-20-18(21-14-15(2)22-9-11-25-12-10-22)23-7-5-16(6-8-23)13-17(24)19-3;/h15-16H,4-14H2,1-3H3,(H,19,24)(H,20,21);1H. The van der Waals surface area contributed by atoms with Crippen LogP contribution >= 0.6 is 24.0 Å². The summed E-state index contributed by atoms with van der Waals surface area (Å²) in [6, 6.07) is 0.434. The largest absolute Gasteiger partial charge is 0.379 e. The van der Waals surface area contributed by atoms with Gasteiger partial charge in [0.1, 0.15) is 0 Å². The Morgan fingerprint density at radius 3 is 2.46 bits per heavy atom. The third-order valence-corrected chi connectivity index (χ3v) is 5.18. The molecule has 2 fully saturated rings. The highest BCUT2D eigenvalue weighted by Crippen LogP contribution is 2.20. The molecule has 1 atom stereocenters. The fourth-order valence-electron chi connectivity index (χ4n) is 3.49. The molecule has 2 aliphatic rings. The van der Waals surface area contributed by atoms with Crippen LogP contribution in [0.1, 0.15) is 33.1 Å². The van der Waals surface area contributed by atoms with Crippen LogP contribution in [0.5, 0.6) is 0 Å². The molecule has 152 valence electrons. The van der Waals surface area contributed by atoms with Crippen molar-refractivity contribution in [3.05, 3.63) is 0 Å². The van der Waals surface area contributed by atoms with Crippen LogP contribution in [-0.2, 0) is 9.53 Å². The zero-order chi connectivity index (χ0) is 18.1. The van der Waals surface area contributed by atoms with Gasteiger partial charge in [0, 0.05) is 52.2 Å². The smallest absolute Gasteiger partial charge is 0.220 e. The van der Waals surface area contributed by atoms with Gasteiger partial charge in [-0.2, -0.15) is 0 Å². The van der Waals surface area contributed by atoms with Crippen LogP contribution < -0.4 is 10.6 Å². The van der Waals surface area contributed by atoms with E-state index in [1.807, 2.05) is 0 Å². The Morgan fingerprint density at radius 2 is 1.88 bits per heavy atom. The van der Waals surface area contributed by atoms with Crippen molar-refractivity contribution < 1.29 is 9.53 Å². The number of halogens is 1. The molecule has 2 N–H and O–H groups in total. The first-order valence-electron chi connectivity index (χ1n) is 9.69. The number of aliphatic imine (C=N–C) groups is 1. The van der Waals surface area contributed by atoms with Gasteiger partial charge >= 0.3 is 0 Å². The Bertz CT molecular complexity index is 435. The van der Waals surface area contributed by atoms with Crippen LogP contribution in [0.15, 0.2) is 4.99 Å². The molecular weight excluding hydrogens is 445 g/mol. The number of nitrogens with one attached hydrogen (secondary N) is 2. The number of hydrogen-bond acceptors (Lipinski definition) is 4. The van der Waals surface area contributed by atoms with Gasteiger partial charge in [0.2, 0.25) is 5.91 Å². The summed E-state index contributed by atoms with van der Waals surface area (Å²) in [6.07, 6.45) is 2.75. The minimum atomic E-state index is 0. The van der Waals surface area contributed by atoms with Crippen molar-refractivity contribution in [3.63, 3.8) is 0 Å². The van der Waals surface area contributed by atoms with Crippen molar-refractivity contribution in [2.24, 2.45) is 10.9 Å². The van der Waals surface area contributed by atoms with Gasteiger partial charge in [0.05, 0.1) is 19.8 Å². The van der Waals surface area contributed by atoms with E-state index in [0.717, 1.165) is 71.3 Å². The van der Waals surface area contributed by atoms with Gasteiger partial charge in [0.15, 0.2) is 5.96 Å². The molecule has 1 amide bonds. The number of guanidine groups is 1. The highest BCUT2D eigenvalue weighted by molar-refractivity contribution is 14.0. The van der Waals surface area contributed by atoms with E-state index in [1.54, 1.807) is 7.05 Å². The number of hydrogen-bond donors (Lipinski definition) is 2. The molecule has 2 rings (SSSR count). The molecule has 0 aromatic heterocycles. The normalized spacial score (nSPS) is 21.0. The number of nitrogens with zero attached hydrogens (tertiary/aromatic N) is 3. The Morgan fingerprint density at radius 1 is 1.23 bits per heavy atom. The molecule has 0 aromatic rings. The number of morpholine rings is 1. The van der Waals surface area contributed by atoms with Crippen molar-refractivity contribution in [2.75, 3.05) is 59.5 Å². The predicted octanol–water partition coefficient (Wildman–Crippen LogP) is 1.14. The van der Waals surface area contributed by atoms with Crippen LogP contribution in [0.4, 0.5) is 0 Å². The average Bonchev–Trinajstić information content (AvgIpc) is 2.66. The van der Waals surface area contributed by atoms with Gasteiger partial charge in [-0.3, -0.25) is 14.7 Å². The van der Waals surface area contributed by atoms with E-state index in [-0.39, 0.29) is 29.9 Å². The Kier molecular flexibility index (Phi) is 11.5. The zero-order valence-corrected chi connectivity index (χ0v) is 18.8. The zero-order valence-electron chi connectivity index (χ0n) is 16.5. The predicted molar refractivity (Wildman–Crippen MR) is 116 cm³/mol. The monoisotopic (exact) mass is 481 g/mol. The summed E-state index contributed by atoms with van der Waals surface area (Å²) < 4.78 is 5.43. The fourth-order valence-corrected chi connectivity index (χ4v) is 3.49. The van der Waals surface area contributed by atoms with Crippen LogP contribution in [0.2, 0.25) is 0 Å². The molecule has 0 aromatic carbocycles. The van der Waals surface area contributed by atoms with Crippen molar-refractivity contribution in [3.8, 4) is 0 Å². The van der Waals surface area contributed by atoms with Gasteiger partial charge in [-0.05, 0) is 32.6 Å². The number of piperidine rings is 1. The lowest BCUT2D eigenvalue weighted by Crippen LogP contribution is -2.47. The summed E-state index contributed by atoms with van der Waals surface area (Å²) in [4.78, 5) is 21.2. The lowest BCUT2D eigenvalue weighted by molar-refractivity contribution is -0.121. The van der Waals surface area contributed by atoms with E-state index in [9.17, 15) is 4.79 Å². The molecule has 0 radical (unpaired) electrons. The maximum atomic E-state index is 11.6. The van der Waals surface area contributed by atoms with Crippen LogP contribution in [0.3, 0.4) is 0 Å². The van der Waals surface area contributed by atoms with Crippen LogP contribution in [-0.4, -0.2) is 87.2 Å². The Hall–Kier alpha value is -0.610. The van der Waals surface area contributed by atoms with Gasteiger partial charge in [-0.1, -0.05) is 0 Å². The lowest BCUT2D eigenvalue weighted by Gasteiger charge is -2.35. The van der Waals surface area contributed by atoms with Crippen molar-refractivity contribution in [2.45, 2.75) is 39.2 Å². The molecule has 2 saturated heterocycles. The summed E-state index contributed by atoms with van der Waals surface area (Å²) >= 11 is 0. The van der Waals surface area contributed by atoms with Gasteiger partial charge in [0.25, 0.3) is 0 Å². The first kappa shape index (κ1) is 23.4. The number of likely N-dealkylation sites (tertiary alicyclic amines) is 1. The molecule has 8 heteroatoms. The third-order valence-electron chi connectivity index (χ3n) is 5.18. The maximum absolute atomic E-state index is 11.6. The maximum Gasteiger partial charge on any atom is 0.220 e. The Labute approximate surface area is 175 Å². The van der Waals surface area contributed by atoms with Crippen molar-refractivity contribution >= 4 is 35.8 Å². The summed E-state index contributed by atoms with van der Waals surface area (Å²) in [7, 11) is 1.71. The highest BCUT2D eigenvalue weighted by Gasteiger charge is 2.23. The second-order valence-electron chi connectivity index (χ2n) is 7.00. The van der Waals surface area contributed by atoms with Crippen LogP contribution in [0.25, 0.3) is 0 Å². The van der Waals surface area contributed by atoms with E-state index < -0.39 is 0 Å². The quantitative estimate of drug-likeness (QED) is 0.339. The summed E-state index contributed by atoms with van der Waals surface area (Å²) in [5.41, 5.74) is 0. The fraction of sp³-hybridized carbons (Fsp3) is 0.889. The molecule has 2 heterocycles. The number of ether oxygens (including phenoxy) is 1. The topological polar surface area (TPSA) is 69.2 Å². The van der Waals surface area contributed by atoms with Crippen LogP contribution in [0, 0.1) is 5.92 Å². The number of carbonyl (C=O) groups is 1. The Balaban J connectivity index is 0.00000338. The lowest BCUT2D eigenvalue weighted by atomic mass is 9.93. The molecule has 1 unspecified atom stereocenters. The molecule has 0 saturated carbocycles. The summed E-state index contributed by atoms with van der Waals surface area (Å²) in [6.45, 7) is 11.6. The molecule has 0 aliphatic carbocycles. The number of rotatable bonds is 6. The second kappa shape index (κ2) is 12.7. The third kappa shape index (κ3) is 7.56. The van der Waals surface area contributed by atoms with Gasteiger partial charge in [-0.15, -0.1) is 24.0 Å². The second-order valence-corrected chi connectivity index (χ2v) is 7.00. The summed E-state index contributed by atoms with van der Waals surface area (Å²) in [5, 5.41) is 6.16. The SMILES string of the molecule is CCNC(=NCC(C)N1CCOCC1)N1CCC(CC(=O)NC)CC1.I. The number of amides is 1. The summed E-state index contributed by atoms with van der Waals surface area (Å²) in [5.74, 6) is 1.66. The van der Waals surface area contributed by atoms with E-state index in [0.29, 0.717) is 18.4 Å². The molecule has 0 bridgehead atoms. The molecule has 26 heavy (non-hydrogen) atoms. The minimum Gasteiger partial charge on any atom is -0.379 e. The van der Waals surface area contributed by atoms with E-state index in [2.05, 4.69) is 34.3 Å². The van der Waals surface area contributed by atoms with E-state index >= 15 is 0 Å². The molecule has 2 aliphatic heterocycles. The van der Waals surface area contributed by atoms with Gasteiger partial charge in [-0.25, -0.2) is 0 Å². The minimum absolute atomic E-state index is 0. The first-order chi connectivity index (χ1) is 12.1. The van der Waals surface area contributed by atoms with Crippen molar-refractivity contribution in [1.82, 2.24) is 20.4 Å². The molecule has 0 spiro atoms. The highest BCUT2D eigenvalue weighted by atomic mass is 127. The van der Waals surface area contributed by atoms with E-state index in [1.165, 1.54) is 0 Å².